The molecule has 2 aromatic rings. The van der Waals surface area contributed by atoms with Crippen LogP contribution in [0.15, 0.2) is 26.5 Å². The van der Waals surface area contributed by atoms with Gasteiger partial charge in [0.15, 0.2) is 0 Å². The van der Waals surface area contributed by atoms with Crippen molar-refractivity contribution in [3.8, 4) is 0 Å². The van der Waals surface area contributed by atoms with Crippen molar-refractivity contribution in [2.75, 3.05) is 20.6 Å². The van der Waals surface area contributed by atoms with Crippen molar-refractivity contribution in [2.24, 2.45) is 5.11 Å². The van der Waals surface area contributed by atoms with Crippen LogP contribution < -0.4 is 5.32 Å². The van der Waals surface area contributed by atoms with Gasteiger partial charge in [-0.15, -0.1) is 0 Å². The number of imidazole rings is 1. The maximum atomic E-state index is 12.4. The Balaban J connectivity index is 2.02. The van der Waals surface area contributed by atoms with E-state index < -0.39 is 10.2 Å². The molecular formula is C13H14Br2N8O3S. The van der Waals surface area contributed by atoms with Crippen LogP contribution in [0.5, 0.6) is 0 Å². The standard InChI is InChI=1S/C13H14Br2N8O3S/c1-21(2)27(25,26)22-6-7(18-13(22)19-20-16)3-8-5-17-12(24)10-4-9(14)11(15)23(8)10/h4,6,8H,3,5H2,1-2H3,(H,17,24)/t8-/m1/s1. The zero-order valence-corrected chi connectivity index (χ0v) is 18.2. The fourth-order valence-corrected chi connectivity index (χ4v) is 4.64. The Labute approximate surface area is 171 Å². The molecule has 1 atom stereocenters. The largest absolute Gasteiger partial charge is 0.349 e. The van der Waals surface area contributed by atoms with E-state index in [9.17, 15) is 13.2 Å². The fourth-order valence-electron chi connectivity index (χ4n) is 2.75. The molecule has 0 saturated carbocycles. The third-order valence-electron chi connectivity index (χ3n) is 4.02. The molecule has 1 aliphatic rings. The quantitative estimate of drug-likeness (QED) is 0.366. The Morgan fingerprint density at radius 1 is 1.48 bits per heavy atom. The van der Waals surface area contributed by atoms with Gasteiger partial charge in [0.1, 0.15) is 5.69 Å². The molecule has 11 nitrogen and oxygen atoms in total. The molecule has 144 valence electrons. The van der Waals surface area contributed by atoms with Gasteiger partial charge in [0.25, 0.3) is 5.91 Å². The Bertz CT molecular complexity index is 1070. The predicted octanol–water partition coefficient (Wildman–Crippen LogP) is 2.33. The maximum Gasteiger partial charge on any atom is 0.308 e. The topological polar surface area (TPSA) is 138 Å². The number of carbonyl (C=O) groups is 1. The van der Waals surface area contributed by atoms with E-state index >= 15 is 0 Å². The lowest BCUT2D eigenvalue weighted by molar-refractivity contribution is 0.0913. The van der Waals surface area contributed by atoms with Gasteiger partial charge in [-0.1, -0.05) is 0 Å². The summed E-state index contributed by atoms with van der Waals surface area (Å²) in [6, 6.07) is 1.49. The van der Waals surface area contributed by atoms with Crippen molar-refractivity contribution >= 4 is 53.9 Å². The highest BCUT2D eigenvalue weighted by molar-refractivity contribution is 9.13. The number of carbonyl (C=O) groups excluding carboxylic acids is 1. The predicted molar refractivity (Wildman–Crippen MR) is 104 cm³/mol. The number of fused-ring (bicyclic) bond motifs is 1. The molecule has 1 amide bonds. The smallest absolute Gasteiger partial charge is 0.308 e. The minimum absolute atomic E-state index is 0.201. The van der Waals surface area contributed by atoms with E-state index in [-0.39, 0.29) is 17.9 Å². The van der Waals surface area contributed by atoms with Crippen molar-refractivity contribution in [1.29, 1.82) is 0 Å². The molecule has 0 aliphatic carbocycles. The molecule has 3 heterocycles. The zero-order valence-electron chi connectivity index (χ0n) is 14.2. The summed E-state index contributed by atoms with van der Waals surface area (Å²) in [7, 11) is -1.16. The first kappa shape index (κ1) is 19.9. The molecule has 0 bridgehead atoms. The highest BCUT2D eigenvalue weighted by atomic mass is 79.9. The number of azide groups is 1. The van der Waals surface area contributed by atoms with Gasteiger partial charge in [-0.25, -0.2) is 8.96 Å². The summed E-state index contributed by atoms with van der Waals surface area (Å²) in [5.74, 6) is -0.470. The Morgan fingerprint density at radius 3 is 2.81 bits per heavy atom. The maximum absolute atomic E-state index is 12.4. The van der Waals surface area contributed by atoms with Crippen LogP contribution in [0, 0.1) is 0 Å². The summed E-state index contributed by atoms with van der Waals surface area (Å²) in [6.07, 6.45) is 1.64. The molecule has 0 saturated heterocycles. The van der Waals surface area contributed by atoms with Crippen LogP contribution in [0.3, 0.4) is 0 Å². The molecule has 3 rings (SSSR count). The van der Waals surface area contributed by atoms with Gasteiger partial charge >= 0.3 is 10.2 Å². The van der Waals surface area contributed by atoms with Gasteiger partial charge in [0.2, 0.25) is 5.95 Å². The Hall–Kier alpha value is -1.86. The van der Waals surface area contributed by atoms with Gasteiger partial charge in [-0.2, -0.15) is 12.7 Å². The van der Waals surface area contributed by atoms with Crippen LogP contribution in [0.4, 0.5) is 5.95 Å². The van der Waals surface area contributed by atoms with Crippen LogP contribution in [0.2, 0.25) is 0 Å². The van der Waals surface area contributed by atoms with E-state index in [4.69, 9.17) is 5.53 Å². The van der Waals surface area contributed by atoms with Gasteiger partial charge in [0, 0.05) is 38.2 Å². The third-order valence-corrected chi connectivity index (χ3v) is 7.66. The lowest BCUT2D eigenvalue weighted by atomic mass is 10.1. The fraction of sp³-hybridized carbons (Fsp3) is 0.385. The van der Waals surface area contributed by atoms with Gasteiger partial charge < -0.3 is 9.88 Å². The summed E-state index contributed by atoms with van der Waals surface area (Å²) in [6.45, 7) is 0.343. The molecule has 1 aliphatic heterocycles. The SMILES string of the molecule is CN(C)S(=O)(=O)n1cc(C[C@@H]2CNC(=O)c3cc(Br)c(Br)n32)nc1N=[N+]=[N-]. The van der Waals surface area contributed by atoms with Gasteiger partial charge in [-0.3, -0.25) is 4.79 Å². The van der Waals surface area contributed by atoms with Gasteiger partial charge in [-0.05, 0) is 48.6 Å². The van der Waals surface area contributed by atoms with E-state index in [1.807, 2.05) is 4.57 Å². The number of amides is 1. The van der Waals surface area contributed by atoms with Crippen molar-refractivity contribution in [2.45, 2.75) is 12.5 Å². The van der Waals surface area contributed by atoms with Crippen molar-refractivity contribution in [3.63, 3.8) is 0 Å². The Kier molecular flexibility index (Phi) is 5.36. The molecule has 0 spiro atoms. The molecule has 27 heavy (non-hydrogen) atoms. The van der Waals surface area contributed by atoms with E-state index in [0.29, 0.717) is 29.0 Å². The second-order valence-corrected chi connectivity index (χ2v) is 9.54. The van der Waals surface area contributed by atoms with Crippen molar-refractivity contribution in [3.05, 3.63) is 43.2 Å². The summed E-state index contributed by atoms with van der Waals surface area (Å²) >= 11 is 6.84. The second kappa shape index (κ2) is 7.28. The average molecular weight is 522 g/mol. The number of rotatable bonds is 5. The van der Waals surface area contributed by atoms with E-state index in [2.05, 4.69) is 52.2 Å². The molecule has 14 heteroatoms. The van der Waals surface area contributed by atoms with Crippen LogP contribution >= 0.6 is 31.9 Å². The molecular weight excluding hydrogens is 508 g/mol. The molecule has 0 unspecified atom stereocenters. The first-order valence-electron chi connectivity index (χ1n) is 7.57. The first-order chi connectivity index (χ1) is 12.7. The number of nitrogens with zero attached hydrogens (tertiary/aromatic N) is 7. The minimum atomic E-state index is -3.89. The van der Waals surface area contributed by atoms with Crippen molar-refractivity contribution < 1.29 is 13.2 Å². The summed E-state index contributed by atoms with van der Waals surface area (Å²) < 4.78 is 29.9. The molecule has 0 fully saturated rings. The lowest BCUT2D eigenvalue weighted by Gasteiger charge is -2.26. The van der Waals surface area contributed by atoms with Crippen molar-refractivity contribution in [1.82, 2.24) is 23.1 Å². The number of hydrogen-bond donors (Lipinski definition) is 1. The minimum Gasteiger partial charge on any atom is -0.349 e. The third kappa shape index (κ3) is 3.50. The number of halogens is 2. The number of aromatic nitrogens is 3. The van der Waals surface area contributed by atoms with Crippen LogP contribution in [-0.2, 0) is 16.6 Å². The molecule has 1 N–H and O–H groups in total. The number of nitrogens with one attached hydrogen (secondary N) is 1. The first-order valence-corrected chi connectivity index (χ1v) is 10.6. The lowest BCUT2D eigenvalue weighted by Crippen LogP contribution is -2.39. The zero-order chi connectivity index (χ0) is 19.9. The normalized spacial score (nSPS) is 16.8. The van der Waals surface area contributed by atoms with E-state index in [1.165, 1.54) is 20.3 Å². The second-order valence-electron chi connectivity index (χ2n) is 5.91. The molecule has 0 aromatic carbocycles. The molecule has 2 aromatic heterocycles. The van der Waals surface area contributed by atoms with Crippen LogP contribution in [-0.4, -0.2) is 52.8 Å². The highest BCUT2D eigenvalue weighted by Crippen LogP contribution is 2.33. The van der Waals surface area contributed by atoms with Crippen LogP contribution in [0.25, 0.3) is 10.4 Å². The highest BCUT2D eigenvalue weighted by Gasteiger charge is 2.30. The Morgan fingerprint density at radius 2 is 2.19 bits per heavy atom. The van der Waals surface area contributed by atoms with Gasteiger partial charge in [0.05, 0.1) is 20.8 Å². The van der Waals surface area contributed by atoms with E-state index in [1.54, 1.807) is 6.07 Å². The van der Waals surface area contributed by atoms with E-state index in [0.717, 1.165) is 12.8 Å². The monoisotopic (exact) mass is 520 g/mol. The molecule has 0 radical (unpaired) electrons. The summed E-state index contributed by atoms with van der Waals surface area (Å²) in [5.41, 5.74) is 9.59. The summed E-state index contributed by atoms with van der Waals surface area (Å²) in [5, 5.41) is 6.18. The number of hydrogen-bond acceptors (Lipinski definition) is 5. The average Bonchev–Trinajstić information content (AvgIpc) is 3.13. The summed E-state index contributed by atoms with van der Waals surface area (Å²) in [4.78, 5) is 18.9. The van der Waals surface area contributed by atoms with Crippen LogP contribution in [0.1, 0.15) is 22.2 Å².